The zero-order valence-electron chi connectivity index (χ0n) is 9.62. The quantitative estimate of drug-likeness (QED) is 0.764. The van der Waals surface area contributed by atoms with E-state index in [-0.39, 0.29) is 5.75 Å². The first-order chi connectivity index (χ1) is 8.74. The maximum absolute atomic E-state index is 9.46. The van der Waals surface area contributed by atoms with Crippen LogP contribution in [0.15, 0.2) is 41.2 Å². The molecule has 5 heteroatoms. The number of benzene rings is 1. The molecule has 0 bridgehead atoms. The van der Waals surface area contributed by atoms with Gasteiger partial charge in [-0.3, -0.25) is 0 Å². The van der Waals surface area contributed by atoms with E-state index in [1.54, 1.807) is 41.9 Å². The van der Waals surface area contributed by atoms with Gasteiger partial charge in [-0.1, -0.05) is 17.3 Å². The summed E-state index contributed by atoms with van der Waals surface area (Å²) in [5.74, 6) is 1.02. The Morgan fingerprint density at radius 1 is 1.28 bits per heavy atom. The van der Waals surface area contributed by atoms with E-state index in [4.69, 9.17) is 4.52 Å². The smallest absolute Gasteiger partial charge is 0.142 e. The number of phenolic OH excluding ortho intramolecular Hbond substituents is 1. The predicted octanol–water partition coefficient (Wildman–Crippen LogP) is 3.48. The van der Waals surface area contributed by atoms with Gasteiger partial charge in [0.1, 0.15) is 16.5 Å². The molecule has 0 atom stereocenters. The minimum Gasteiger partial charge on any atom is -0.508 e. The van der Waals surface area contributed by atoms with E-state index in [9.17, 15) is 5.11 Å². The van der Waals surface area contributed by atoms with Crippen LogP contribution in [0.4, 0.5) is 0 Å². The Labute approximate surface area is 108 Å². The lowest BCUT2D eigenvalue weighted by Crippen LogP contribution is -1.73. The van der Waals surface area contributed by atoms with Gasteiger partial charge in [-0.2, -0.15) is 0 Å². The summed E-state index contributed by atoms with van der Waals surface area (Å²) in [5, 5.41) is 14.1. The number of nitrogens with zero attached hydrogens (tertiary/aromatic N) is 2. The molecule has 0 spiro atoms. The number of hydrogen-bond donors (Lipinski definition) is 1. The van der Waals surface area contributed by atoms with Crippen molar-refractivity contribution in [3.63, 3.8) is 0 Å². The molecule has 0 amide bonds. The highest BCUT2D eigenvalue weighted by molar-refractivity contribution is 7.18. The average molecular weight is 258 g/mol. The van der Waals surface area contributed by atoms with Crippen LogP contribution in [0.2, 0.25) is 0 Å². The SMILES string of the molecule is Cc1oncc1-c1cnc(-c2cccc(O)c2)s1. The summed E-state index contributed by atoms with van der Waals surface area (Å²) in [4.78, 5) is 5.37. The molecule has 1 N–H and O–H groups in total. The summed E-state index contributed by atoms with van der Waals surface area (Å²) in [7, 11) is 0. The Balaban J connectivity index is 2.02. The number of aromatic hydroxyl groups is 1. The molecule has 0 radical (unpaired) electrons. The molecule has 0 saturated heterocycles. The Kier molecular flexibility index (Phi) is 2.60. The van der Waals surface area contributed by atoms with Gasteiger partial charge in [-0.05, 0) is 19.1 Å². The summed E-state index contributed by atoms with van der Waals surface area (Å²) in [6.07, 6.45) is 3.48. The standard InChI is InChI=1S/C13H10N2O2S/c1-8-11(6-15-17-8)12-7-14-13(18-12)9-3-2-4-10(16)5-9/h2-7,16H,1H3. The summed E-state index contributed by atoms with van der Waals surface area (Å²) < 4.78 is 5.04. The molecule has 4 nitrogen and oxygen atoms in total. The number of thiazole rings is 1. The third-order valence-electron chi connectivity index (χ3n) is 2.61. The lowest BCUT2D eigenvalue weighted by Gasteiger charge is -1.96. The molecule has 2 heterocycles. The Hall–Kier alpha value is -2.14. The van der Waals surface area contributed by atoms with Gasteiger partial charge in [0.05, 0.1) is 16.6 Å². The van der Waals surface area contributed by atoms with Gasteiger partial charge in [0, 0.05) is 11.8 Å². The van der Waals surface area contributed by atoms with Crippen molar-refractivity contribution in [2.75, 3.05) is 0 Å². The van der Waals surface area contributed by atoms with Crippen molar-refractivity contribution in [3.8, 4) is 26.8 Å². The molecule has 3 aromatic rings. The Morgan fingerprint density at radius 2 is 2.17 bits per heavy atom. The minimum atomic E-state index is 0.241. The number of aromatic nitrogens is 2. The third-order valence-corrected chi connectivity index (χ3v) is 3.69. The third kappa shape index (κ3) is 1.89. The largest absolute Gasteiger partial charge is 0.508 e. The van der Waals surface area contributed by atoms with Crippen molar-refractivity contribution in [3.05, 3.63) is 42.4 Å². The van der Waals surface area contributed by atoms with Crippen molar-refractivity contribution in [1.29, 1.82) is 0 Å². The number of aryl methyl sites for hydroxylation is 1. The average Bonchev–Trinajstić information content (AvgIpc) is 2.97. The molecule has 2 aromatic heterocycles. The van der Waals surface area contributed by atoms with Crippen LogP contribution in [-0.2, 0) is 0 Å². The molecule has 0 saturated carbocycles. The van der Waals surface area contributed by atoms with Crippen LogP contribution in [-0.4, -0.2) is 15.2 Å². The molecule has 0 aliphatic heterocycles. The van der Waals surface area contributed by atoms with Crippen molar-refractivity contribution in [2.45, 2.75) is 6.92 Å². The van der Waals surface area contributed by atoms with Crippen LogP contribution in [0, 0.1) is 6.92 Å². The highest BCUT2D eigenvalue weighted by Crippen LogP contribution is 2.34. The number of phenols is 1. The van der Waals surface area contributed by atoms with E-state index in [2.05, 4.69) is 10.1 Å². The van der Waals surface area contributed by atoms with E-state index >= 15 is 0 Å². The summed E-state index contributed by atoms with van der Waals surface area (Å²) in [5.41, 5.74) is 1.86. The fraction of sp³-hybridized carbons (Fsp3) is 0.0769. The highest BCUT2D eigenvalue weighted by atomic mass is 32.1. The first kappa shape index (κ1) is 11.0. The normalized spacial score (nSPS) is 10.7. The van der Waals surface area contributed by atoms with E-state index in [1.165, 1.54) is 0 Å². The molecular formula is C13H10N2O2S. The predicted molar refractivity (Wildman–Crippen MR) is 69.4 cm³/mol. The van der Waals surface area contributed by atoms with Crippen molar-refractivity contribution < 1.29 is 9.63 Å². The van der Waals surface area contributed by atoms with Crippen LogP contribution >= 0.6 is 11.3 Å². The van der Waals surface area contributed by atoms with Crippen LogP contribution < -0.4 is 0 Å². The van der Waals surface area contributed by atoms with Crippen LogP contribution in [0.3, 0.4) is 0 Å². The van der Waals surface area contributed by atoms with Gasteiger partial charge >= 0.3 is 0 Å². The molecule has 0 fully saturated rings. The Bertz CT molecular complexity index is 688. The zero-order valence-corrected chi connectivity index (χ0v) is 10.4. The monoisotopic (exact) mass is 258 g/mol. The topological polar surface area (TPSA) is 59.2 Å². The van der Waals surface area contributed by atoms with Gasteiger partial charge in [-0.15, -0.1) is 11.3 Å². The zero-order chi connectivity index (χ0) is 12.5. The van der Waals surface area contributed by atoms with Gasteiger partial charge in [0.2, 0.25) is 0 Å². The molecule has 0 aliphatic carbocycles. The lowest BCUT2D eigenvalue weighted by atomic mass is 10.2. The fourth-order valence-electron chi connectivity index (χ4n) is 1.71. The number of hydrogen-bond acceptors (Lipinski definition) is 5. The van der Waals surface area contributed by atoms with E-state index in [1.807, 2.05) is 13.0 Å². The second-order valence-corrected chi connectivity index (χ2v) is 4.91. The lowest BCUT2D eigenvalue weighted by molar-refractivity contribution is 0.398. The van der Waals surface area contributed by atoms with Crippen LogP contribution in [0.25, 0.3) is 21.0 Å². The van der Waals surface area contributed by atoms with Gasteiger partial charge in [-0.25, -0.2) is 4.98 Å². The van der Waals surface area contributed by atoms with Gasteiger partial charge in [0.25, 0.3) is 0 Å². The first-order valence-corrected chi connectivity index (χ1v) is 6.22. The summed E-state index contributed by atoms with van der Waals surface area (Å²) in [6.45, 7) is 1.87. The van der Waals surface area contributed by atoms with E-state index in [0.29, 0.717) is 0 Å². The van der Waals surface area contributed by atoms with Crippen molar-refractivity contribution >= 4 is 11.3 Å². The summed E-state index contributed by atoms with van der Waals surface area (Å²) in [6, 6.07) is 7.06. The fourth-order valence-corrected chi connectivity index (χ4v) is 2.68. The molecular weight excluding hydrogens is 248 g/mol. The molecule has 90 valence electrons. The molecule has 0 aliphatic rings. The highest BCUT2D eigenvalue weighted by Gasteiger charge is 2.11. The second kappa shape index (κ2) is 4.27. The molecule has 1 aromatic carbocycles. The van der Waals surface area contributed by atoms with E-state index in [0.717, 1.165) is 26.8 Å². The molecule has 18 heavy (non-hydrogen) atoms. The maximum Gasteiger partial charge on any atom is 0.142 e. The van der Waals surface area contributed by atoms with Crippen molar-refractivity contribution in [2.24, 2.45) is 0 Å². The Morgan fingerprint density at radius 3 is 2.89 bits per heavy atom. The first-order valence-electron chi connectivity index (χ1n) is 5.41. The second-order valence-electron chi connectivity index (χ2n) is 3.88. The van der Waals surface area contributed by atoms with Crippen LogP contribution in [0.1, 0.15) is 5.76 Å². The molecule has 3 rings (SSSR count). The van der Waals surface area contributed by atoms with Gasteiger partial charge in [0.15, 0.2) is 0 Å². The van der Waals surface area contributed by atoms with Crippen molar-refractivity contribution in [1.82, 2.24) is 10.1 Å². The minimum absolute atomic E-state index is 0.241. The molecule has 0 unspecified atom stereocenters. The van der Waals surface area contributed by atoms with Crippen LogP contribution in [0.5, 0.6) is 5.75 Å². The van der Waals surface area contributed by atoms with E-state index < -0.39 is 0 Å². The van der Waals surface area contributed by atoms with Gasteiger partial charge < -0.3 is 9.63 Å². The summed E-state index contributed by atoms with van der Waals surface area (Å²) >= 11 is 1.54. The number of rotatable bonds is 2. The maximum atomic E-state index is 9.46.